The number of anilines is 2. The van der Waals surface area contributed by atoms with Gasteiger partial charge in [-0.25, -0.2) is 4.79 Å². The molecule has 0 saturated carbocycles. The zero-order valence-corrected chi connectivity index (χ0v) is 14.6. The number of nitrogens with one attached hydrogen (secondary N) is 3. The van der Waals surface area contributed by atoms with Crippen LogP contribution in [0.3, 0.4) is 0 Å². The van der Waals surface area contributed by atoms with Gasteiger partial charge in [0.2, 0.25) is 5.91 Å². The number of rotatable bonds is 7. The summed E-state index contributed by atoms with van der Waals surface area (Å²) in [5, 5.41) is 8.53. The molecule has 24 heavy (non-hydrogen) atoms. The molecule has 1 aromatic rings. The fraction of sp³-hybridized carbons (Fsp3) is 0.556. The highest BCUT2D eigenvalue weighted by atomic mass is 16.5. The smallest absolute Gasteiger partial charge is 0.319 e. The van der Waals surface area contributed by atoms with Gasteiger partial charge >= 0.3 is 6.03 Å². The Morgan fingerprint density at radius 3 is 2.83 bits per heavy atom. The molecule has 1 aromatic carbocycles. The average molecular weight is 333 g/mol. The van der Waals surface area contributed by atoms with Gasteiger partial charge in [0.1, 0.15) is 0 Å². The molecule has 1 heterocycles. The maximum absolute atomic E-state index is 12.0. The summed E-state index contributed by atoms with van der Waals surface area (Å²) < 4.78 is 5.67. The van der Waals surface area contributed by atoms with Crippen LogP contribution in [0.1, 0.15) is 39.2 Å². The minimum absolute atomic E-state index is 0.0370. The van der Waals surface area contributed by atoms with Crippen molar-refractivity contribution >= 4 is 23.3 Å². The van der Waals surface area contributed by atoms with E-state index in [2.05, 4.69) is 29.8 Å². The van der Waals surface area contributed by atoms with Crippen molar-refractivity contribution in [3.05, 3.63) is 23.8 Å². The number of ether oxygens (including phenoxy) is 1. The quantitative estimate of drug-likeness (QED) is 0.717. The number of hydrogen-bond acceptors (Lipinski definition) is 3. The Balaban J connectivity index is 1.81. The number of benzene rings is 1. The Morgan fingerprint density at radius 2 is 2.12 bits per heavy atom. The summed E-state index contributed by atoms with van der Waals surface area (Å²) in [6.45, 7) is 7.46. The van der Waals surface area contributed by atoms with Crippen LogP contribution in [0.25, 0.3) is 0 Å². The van der Waals surface area contributed by atoms with Gasteiger partial charge < -0.3 is 20.7 Å². The molecule has 6 nitrogen and oxygen atoms in total. The maximum Gasteiger partial charge on any atom is 0.319 e. The number of aryl methyl sites for hydroxylation is 1. The van der Waals surface area contributed by atoms with Gasteiger partial charge in [0, 0.05) is 30.9 Å². The van der Waals surface area contributed by atoms with Crippen LogP contribution >= 0.6 is 0 Å². The molecule has 132 valence electrons. The van der Waals surface area contributed by atoms with E-state index in [1.165, 1.54) is 0 Å². The fourth-order valence-corrected chi connectivity index (χ4v) is 2.79. The first kappa shape index (κ1) is 18.3. The zero-order chi connectivity index (χ0) is 17.5. The molecule has 0 saturated heterocycles. The number of carbonyl (C=O) groups excluding carboxylic acids is 2. The summed E-state index contributed by atoms with van der Waals surface area (Å²) >= 11 is 0. The molecule has 0 aliphatic carbocycles. The van der Waals surface area contributed by atoms with Crippen LogP contribution in [0.4, 0.5) is 16.2 Å². The van der Waals surface area contributed by atoms with Gasteiger partial charge in [-0.15, -0.1) is 0 Å². The second-order valence-corrected chi connectivity index (χ2v) is 6.33. The average Bonchev–Trinajstić information content (AvgIpc) is 2.54. The van der Waals surface area contributed by atoms with Crippen molar-refractivity contribution < 1.29 is 14.3 Å². The normalized spacial score (nSPS) is 14.8. The van der Waals surface area contributed by atoms with Crippen molar-refractivity contribution in [2.75, 3.05) is 23.8 Å². The molecule has 0 aromatic heterocycles. The van der Waals surface area contributed by atoms with E-state index < -0.39 is 0 Å². The van der Waals surface area contributed by atoms with Crippen LogP contribution < -0.4 is 16.0 Å². The van der Waals surface area contributed by atoms with Crippen molar-refractivity contribution in [1.29, 1.82) is 0 Å². The Bertz CT molecular complexity index is 587. The molecule has 1 atom stereocenters. The molecule has 1 aliphatic rings. The molecular formula is C18H27N3O3. The van der Waals surface area contributed by atoms with Crippen molar-refractivity contribution in [3.8, 4) is 0 Å². The van der Waals surface area contributed by atoms with Gasteiger partial charge in [-0.2, -0.15) is 0 Å². The van der Waals surface area contributed by atoms with E-state index in [1.54, 1.807) is 6.07 Å². The molecule has 3 amide bonds. The Hall–Kier alpha value is -2.08. The first-order valence-corrected chi connectivity index (χ1v) is 8.58. The van der Waals surface area contributed by atoms with Gasteiger partial charge in [-0.1, -0.05) is 13.8 Å². The summed E-state index contributed by atoms with van der Waals surface area (Å²) in [5.74, 6) is 0.459. The first-order valence-electron chi connectivity index (χ1n) is 8.58. The number of hydrogen-bond donors (Lipinski definition) is 3. The van der Waals surface area contributed by atoms with Gasteiger partial charge in [0.25, 0.3) is 0 Å². The lowest BCUT2D eigenvalue weighted by atomic mass is 10.0. The van der Waals surface area contributed by atoms with Crippen LogP contribution in [-0.4, -0.2) is 31.2 Å². The Morgan fingerprint density at radius 1 is 1.33 bits per heavy atom. The van der Waals surface area contributed by atoms with Crippen molar-refractivity contribution in [1.82, 2.24) is 5.32 Å². The minimum atomic E-state index is -0.228. The molecule has 0 spiro atoms. The van der Waals surface area contributed by atoms with Gasteiger partial charge in [0.15, 0.2) is 0 Å². The van der Waals surface area contributed by atoms with Crippen molar-refractivity contribution in [2.45, 2.75) is 46.1 Å². The minimum Gasteiger partial charge on any atom is -0.378 e. The van der Waals surface area contributed by atoms with Crippen LogP contribution in [0.15, 0.2) is 18.2 Å². The van der Waals surface area contributed by atoms with Crippen LogP contribution in [0.2, 0.25) is 0 Å². The van der Waals surface area contributed by atoms with E-state index in [1.807, 2.05) is 19.1 Å². The van der Waals surface area contributed by atoms with Crippen LogP contribution in [-0.2, 0) is 16.0 Å². The second kappa shape index (κ2) is 8.68. The van der Waals surface area contributed by atoms with Crippen molar-refractivity contribution in [3.63, 3.8) is 0 Å². The molecule has 0 radical (unpaired) electrons. The summed E-state index contributed by atoms with van der Waals surface area (Å²) in [5.41, 5.74) is 2.60. The van der Waals surface area contributed by atoms with E-state index in [4.69, 9.17) is 4.74 Å². The lowest BCUT2D eigenvalue weighted by Gasteiger charge is -2.21. The molecule has 0 unspecified atom stereocenters. The summed E-state index contributed by atoms with van der Waals surface area (Å²) in [6, 6.07) is 5.30. The highest BCUT2D eigenvalue weighted by molar-refractivity contribution is 5.95. The highest BCUT2D eigenvalue weighted by Crippen LogP contribution is 2.25. The largest absolute Gasteiger partial charge is 0.378 e. The third-order valence-corrected chi connectivity index (χ3v) is 4.10. The molecular weight excluding hydrogens is 306 g/mol. The fourth-order valence-electron chi connectivity index (χ4n) is 2.79. The maximum atomic E-state index is 12.0. The van der Waals surface area contributed by atoms with Gasteiger partial charge in [0.05, 0.1) is 6.10 Å². The number of amides is 3. The van der Waals surface area contributed by atoms with E-state index >= 15 is 0 Å². The van der Waals surface area contributed by atoms with E-state index in [0.717, 1.165) is 23.4 Å². The monoisotopic (exact) mass is 333 g/mol. The Kier molecular flexibility index (Phi) is 6.61. The predicted octanol–water partition coefficient (Wildman–Crippen LogP) is 3.14. The molecule has 0 fully saturated rings. The zero-order valence-electron chi connectivity index (χ0n) is 14.6. The summed E-state index contributed by atoms with van der Waals surface area (Å²) in [4.78, 5) is 23.4. The topological polar surface area (TPSA) is 79.5 Å². The van der Waals surface area contributed by atoms with Crippen LogP contribution in [0.5, 0.6) is 0 Å². The molecule has 1 aliphatic heterocycles. The first-order chi connectivity index (χ1) is 11.5. The number of urea groups is 1. The summed E-state index contributed by atoms with van der Waals surface area (Å²) in [6.07, 6.45) is 2.12. The SMILES string of the molecule is CCO[C@@H](CCNC(=O)Nc1ccc2c(c1)CCC(=O)N2)C(C)C. The third kappa shape index (κ3) is 5.23. The summed E-state index contributed by atoms with van der Waals surface area (Å²) in [7, 11) is 0. The highest BCUT2D eigenvalue weighted by Gasteiger charge is 2.16. The standard InChI is InChI=1S/C18H27N3O3/c1-4-24-16(12(2)3)9-10-19-18(23)20-14-6-7-15-13(11-14)5-8-17(22)21-15/h6-7,11-12,16H,4-5,8-10H2,1-3H3,(H,21,22)(H2,19,20,23)/t16-/m0/s1. The van der Waals surface area contributed by atoms with Crippen LogP contribution in [0, 0.1) is 5.92 Å². The van der Waals surface area contributed by atoms with E-state index in [9.17, 15) is 9.59 Å². The molecule has 0 bridgehead atoms. The lowest BCUT2D eigenvalue weighted by molar-refractivity contribution is -0.116. The molecule has 6 heteroatoms. The number of carbonyl (C=O) groups is 2. The van der Waals surface area contributed by atoms with Crippen molar-refractivity contribution in [2.24, 2.45) is 5.92 Å². The van der Waals surface area contributed by atoms with E-state index in [0.29, 0.717) is 31.9 Å². The Labute approximate surface area is 143 Å². The number of fused-ring (bicyclic) bond motifs is 1. The molecule has 2 rings (SSSR count). The lowest BCUT2D eigenvalue weighted by Crippen LogP contribution is -2.33. The van der Waals surface area contributed by atoms with E-state index in [-0.39, 0.29) is 18.0 Å². The van der Waals surface area contributed by atoms with Gasteiger partial charge in [-0.05, 0) is 49.4 Å². The third-order valence-electron chi connectivity index (χ3n) is 4.10. The molecule has 3 N–H and O–H groups in total. The van der Waals surface area contributed by atoms with Gasteiger partial charge in [-0.3, -0.25) is 4.79 Å². The second-order valence-electron chi connectivity index (χ2n) is 6.33. The predicted molar refractivity (Wildman–Crippen MR) is 95.3 cm³/mol.